The van der Waals surface area contributed by atoms with Crippen LogP contribution < -0.4 is 10.6 Å². The molecule has 6 nitrogen and oxygen atoms in total. The van der Waals surface area contributed by atoms with E-state index >= 15 is 0 Å². The molecule has 1 aromatic rings. The fourth-order valence-corrected chi connectivity index (χ4v) is 1.85. The average Bonchev–Trinajstić information content (AvgIpc) is 2.41. The molecule has 0 bridgehead atoms. The number of carbonyl (C=O) groups is 2. The van der Waals surface area contributed by atoms with Crippen molar-refractivity contribution in [1.82, 2.24) is 0 Å². The Balaban J connectivity index is 2.89. The van der Waals surface area contributed by atoms with Gasteiger partial charge in [0, 0.05) is 13.2 Å². The fraction of sp³-hybridized carbons (Fsp3) is 0.429. The lowest BCUT2D eigenvalue weighted by Gasteiger charge is -2.23. The molecule has 1 amide bonds. The molecule has 6 heteroatoms. The Hall–Kier alpha value is -2.08. The van der Waals surface area contributed by atoms with E-state index in [4.69, 9.17) is 15.6 Å². The molecule has 0 unspecified atom stereocenters. The second-order valence-corrected chi connectivity index (χ2v) is 4.16. The Morgan fingerprint density at radius 1 is 1.35 bits per heavy atom. The zero-order chi connectivity index (χ0) is 15.1. The first-order valence-electron chi connectivity index (χ1n) is 6.52. The maximum absolute atomic E-state index is 12.1. The van der Waals surface area contributed by atoms with E-state index in [0.717, 1.165) is 0 Å². The highest BCUT2D eigenvalue weighted by Gasteiger charge is 2.17. The minimum atomic E-state index is -1.05. The number of rotatable bonds is 7. The quantitative estimate of drug-likeness (QED) is 0.586. The van der Waals surface area contributed by atoms with E-state index < -0.39 is 5.97 Å². The van der Waals surface area contributed by atoms with Crippen LogP contribution in [0.15, 0.2) is 18.2 Å². The van der Waals surface area contributed by atoms with Crippen LogP contribution in [-0.2, 0) is 9.53 Å². The summed E-state index contributed by atoms with van der Waals surface area (Å²) in [5.74, 6) is -1.15. The minimum absolute atomic E-state index is 0.101. The monoisotopic (exact) mass is 280 g/mol. The number of hydrogen-bond acceptors (Lipinski definition) is 4. The SMILES string of the molecule is CCOCCC(=O)N(CC)c1ccc(C(=O)O)cc1N. The van der Waals surface area contributed by atoms with Crippen LogP contribution in [0.25, 0.3) is 0 Å². The van der Waals surface area contributed by atoms with Crippen LogP contribution >= 0.6 is 0 Å². The van der Waals surface area contributed by atoms with Gasteiger partial charge in [0.2, 0.25) is 5.91 Å². The highest BCUT2D eigenvalue weighted by atomic mass is 16.5. The Morgan fingerprint density at radius 2 is 2.05 bits per heavy atom. The summed E-state index contributed by atoms with van der Waals surface area (Å²) in [5, 5.41) is 8.90. The lowest BCUT2D eigenvalue weighted by molar-refractivity contribution is -0.119. The molecule has 1 aromatic carbocycles. The van der Waals surface area contributed by atoms with E-state index in [9.17, 15) is 9.59 Å². The van der Waals surface area contributed by atoms with Crippen molar-refractivity contribution < 1.29 is 19.4 Å². The molecule has 0 atom stereocenters. The standard InChI is InChI=1S/C14H20N2O4/c1-3-16(13(17)7-8-20-4-2)12-6-5-10(14(18)19)9-11(12)15/h5-6,9H,3-4,7-8,15H2,1-2H3,(H,18,19). The molecule has 0 radical (unpaired) electrons. The first kappa shape index (κ1) is 16.0. The number of hydrogen-bond donors (Lipinski definition) is 2. The van der Waals surface area contributed by atoms with Crippen LogP contribution in [0.2, 0.25) is 0 Å². The van der Waals surface area contributed by atoms with Crippen molar-refractivity contribution in [2.45, 2.75) is 20.3 Å². The molecule has 20 heavy (non-hydrogen) atoms. The second kappa shape index (κ2) is 7.49. The predicted molar refractivity (Wildman–Crippen MR) is 77.0 cm³/mol. The molecule has 0 aromatic heterocycles. The number of benzene rings is 1. The van der Waals surface area contributed by atoms with Gasteiger partial charge in [0.25, 0.3) is 0 Å². The summed E-state index contributed by atoms with van der Waals surface area (Å²) < 4.78 is 5.16. The summed E-state index contributed by atoms with van der Waals surface area (Å²) >= 11 is 0. The van der Waals surface area contributed by atoms with Gasteiger partial charge in [-0.25, -0.2) is 4.79 Å². The Kier molecular flexibility index (Phi) is 5.99. The largest absolute Gasteiger partial charge is 0.478 e. The van der Waals surface area contributed by atoms with E-state index in [1.54, 1.807) is 6.07 Å². The molecule has 0 fully saturated rings. The van der Waals surface area contributed by atoms with Gasteiger partial charge in [-0.1, -0.05) is 0 Å². The molecule has 0 saturated carbocycles. The van der Waals surface area contributed by atoms with Gasteiger partial charge >= 0.3 is 5.97 Å². The van der Waals surface area contributed by atoms with Gasteiger partial charge in [0.05, 0.1) is 30.0 Å². The van der Waals surface area contributed by atoms with E-state index in [1.165, 1.54) is 17.0 Å². The highest BCUT2D eigenvalue weighted by molar-refractivity contribution is 5.98. The second-order valence-electron chi connectivity index (χ2n) is 4.16. The number of nitrogen functional groups attached to an aromatic ring is 1. The first-order valence-corrected chi connectivity index (χ1v) is 6.52. The number of carboxylic acids is 1. The van der Waals surface area contributed by atoms with Crippen LogP contribution in [-0.4, -0.2) is 36.7 Å². The van der Waals surface area contributed by atoms with Gasteiger partial charge < -0.3 is 20.5 Å². The number of amides is 1. The van der Waals surface area contributed by atoms with Crippen LogP contribution in [0.3, 0.4) is 0 Å². The molecule has 0 aliphatic heterocycles. The van der Waals surface area contributed by atoms with Crippen molar-refractivity contribution in [3.63, 3.8) is 0 Å². The van der Waals surface area contributed by atoms with Crippen LogP contribution in [0.4, 0.5) is 11.4 Å². The van der Waals surface area contributed by atoms with Gasteiger partial charge in [0.15, 0.2) is 0 Å². The number of nitrogens with two attached hydrogens (primary N) is 1. The number of carboxylic acid groups (broad SMARTS) is 1. The first-order chi connectivity index (χ1) is 9.51. The lowest BCUT2D eigenvalue weighted by atomic mass is 10.1. The van der Waals surface area contributed by atoms with Gasteiger partial charge in [-0.3, -0.25) is 4.79 Å². The Morgan fingerprint density at radius 3 is 2.55 bits per heavy atom. The molecule has 3 N–H and O–H groups in total. The van der Waals surface area contributed by atoms with Gasteiger partial charge in [-0.2, -0.15) is 0 Å². The van der Waals surface area contributed by atoms with Gasteiger partial charge in [0.1, 0.15) is 0 Å². The van der Waals surface area contributed by atoms with Gasteiger partial charge in [-0.05, 0) is 32.0 Å². The van der Waals surface area contributed by atoms with E-state index in [2.05, 4.69) is 0 Å². The normalized spacial score (nSPS) is 10.3. The van der Waals surface area contributed by atoms with Crippen molar-refractivity contribution >= 4 is 23.3 Å². The maximum Gasteiger partial charge on any atom is 0.335 e. The van der Waals surface area contributed by atoms with Crippen molar-refractivity contribution in [2.24, 2.45) is 0 Å². The summed E-state index contributed by atoms with van der Waals surface area (Å²) in [6.07, 6.45) is 0.266. The van der Waals surface area contributed by atoms with Gasteiger partial charge in [-0.15, -0.1) is 0 Å². The lowest BCUT2D eigenvalue weighted by Crippen LogP contribution is -2.32. The van der Waals surface area contributed by atoms with Crippen molar-refractivity contribution in [3.05, 3.63) is 23.8 Å². The third kappa shape index (κ3) is 3.96. The molecule has 0 aliphatic rings. The number of carbonyl (C=O) groups excluding carboxylic acids is 1. The zero-order valence-corrected chi connectivity index (χ0v) is 11.8. The summed E-state index contributed by atoms with van der Waals surface area (Å²) in [4.78, 5) is 24.5. The number of aromatic carboxylic acids is 1. The van der Waals surface area contributed by atoms with Crippen molar-refractivity contribution in [2.75, 3.05) is 30.4 Å². The summed E-state index contributed by atoms with van der Waals surface area (Å²) in [6.45, 7) is 5.09. The Labute approximate surface area is 118 Å². The van der Waals surface area contributed by atoms with Crippen LogP contribution in [0.5, 0.6) is 0 Å². The maximum atomic E-state index is 12.1. The minimum Gasteiger partial charge on any atom is -0.478 e. The molecule has 0 aliphatic carbocycles. The highest BCUT2D eigenvalue weighted by Crippen LogP contribution is 2.25. The van der Waals surface area contributed by atoms with Crippen LogP contribution in [0, 0.1) is 0 Å². The molecule has 0 spiro atoms. The number of nitrogens with zero attached hydrogens (tertiary/aromatic N) is 1. The summed E-state index contributed by atoms with van der Waals surface area (Å²) in [5.41, 5.74) is 6.74. The molecule has 1 rings (SSSR count). The topological polar surface area (TPSA) is 92.9 Å². The van der Waals surface area contributed by atoms with E-state index in [1.807, 2.05) is 13.8 Å². The van der Waals surface area contributed by atoms with Crippen molar-refractivity contribution in [3.8, 4) is 0 Å². The third-order valence-electron chi connectivity index (χ3n) is 2.85. The molecule has 0 heterocycles. The zero-order valence-electron chi connectivity index (χ0n) is 11.8. The average molecular weight is 280 g/mol. The molecular formula is C14H20N2O4. The van der Waals surface area contributed by atoms with Crippen molar-refractivity contribution in [1.29, 1.82) is 0 Å². The van der Waals surface area contributed by atoms with Crippen LogP contribution in [0.1, 0.15) is 30.6 Å². The number of ether oxygens (including phenoxy) is 1. The number of anilines is 2. The molecule has 110 valence electrons. The molecule has 0 saturated heterocycles. The smallest absolute Gasteiger partial charge is 0.335 e. The van der Waals surface area contributed by atoms with E-state index in [-0.39, 0.29) is 23.6 Å². The third-order valence-corrected chi connectivity index (χ3v) is 2.85. The summed E-state index contributed by atoms with van der Waals surface area (Å²) in [6, 6.07) is 4.35. The van der Waals surface area contributed by atoms with E-state index in [0.29, 0.717) is 25.4 Å². The summed E-state index contributed by atoms with van der Waals surface area (Å²) in [7, 11) is 0. The molecular weight excluding hydrogens is 260 g/mol. The predicted octanol–water partition coefficient (Wildman–Crippen LogP) is 1.75. The fourth-order valence-electron chi connectivity index (χ4n) is 1.85. The Bertz CT molecular complexity index is 488.